The van der Waals surface area contributed by atoms with E-state index in [1.165, 1.54) is 25.7 Å². The first-order valence-corrected chi connectivity index (χ1v) is 13.4. The van der Waals surface area contributed by atoms with E-state index in [1.54, 1.807) is 6.92 Å². The van der Waals surface area contributed by atoms with Crippen molar-refractivity contribution in [2.45, 2.75) is 59.3 Å². The highest BCUT2D eigenvalue weighted by molar-refractivity contribution is 5.99. The minimum Gasteiger partial charge on any atom is -0.365 e. The molecule has 0 saturated carbocycles. The zero-order valence-corrected chi connectivity index (χ0v) is 22.4. The molecule has 35 heavy (non-hydrogen) atoms. The van der Waals surface area contributed by atoms with Crippen molar-refractivity contribution in [3.63, 3.8) is 0 Å². The summed E-state index contributed by atoms with van der Waals surface area (Å²) in [5, 5.41) is 2.09. The number of likely N-dealkylation sites (N-methyl/N-ethyl adjacent to an activating group) is 1. The molecule has 0 unspecified atom stereocenters. The normalized spacial score (nSPS) is 11.3. The van der Waals surface area contributed by atoms with Crippen molar-refractivity contribution in [1.29, 1.82) is 0 Å². The van der Waals surface area contributed by atoms with Crippen molar-refractivity contribution in [2.75, 3.05) is 57.8 Å². The lowest BCUT2D eigenvalue weighted by atomic mass is 10.0. The molecule has 2 aromatic rings. The van der Waals surface area contributed by atoms with Crippen LogP contribution in [0.4, 0.5) is 5.69 Å². The second-order valence-corrected chi connectivity index (χ2v) is 9.58. The van der Waals surface area contributed by atoms with E-state index in [1.807, 2.05) is 47.2 Å². The topological polar surface area (TPSA) is 69.9 Å². The summed E-state index contributed by atoms with van der Waals surface area (Å²) in [5.41, 5.74) is 7.47. The maximum absolute atomic E-state index is 13.2. The van der Waals surface area contributed by atoms with Crippen molar-refractivity contribution in [2.24, 2.45) is 5.73 Å². The third kappa shape index (κ3) is 9.61. The molecule has 2 rings (SSSR count). The minimum atomic E-state index is 0.0649. The Kier molecular flexibility index (Phi) is 12.8. The maximum Gasteiger partial charge on any atom is 0.242 e. The molecule has 0 atom stereocenters. The van der Waals surface area contributed by atoms with Gasteiger partial charge in [-0.1, -0.05) is 44.9 Å². The molecule has 2 N–H and O–H groups in total. The van der Waals surface area contributed by atoms with Gasteiger partial charge in [0, 0.05) is 31.4 Å². The number of hydrogen-bond acceptors (Lipinski definition) is 5. The van der Waals surface area contributed by atoms with Crippen molar-refractivity contribution in [3.05, 3.63) is 42.0 Å². The van der Waals surface area contributed by atoms with Gasteiger partial charge in [-0.05, 0) is 87.8 Å². The molecule has 0 aliphatic heterocycles. The first kappa shape index (κ1) is 28.8. The average Bonchev–Trinajstić information content (AvgIpc) is 2.86. The highest BCUT2D eigenvalue weighted by Crippen LogP contribution is 2.23. The Morgan fingerprint density at radius 1 is 0.800 bits per heavy atom. The van der Waals surface area contributed by atoms with Gasteiger partial charge >= 0.3 is 0 Å². The number of carbonyl (C=O) groups is 2. The smallest absolute Gasteiger partial charge is 0.242 e. The quantitative estimate of drug-likeness (QED) is 0.323. The third-order valence-corrected chi connectivity index (χ3v) is 6.59. The molecule has 0 bridgehead atoms. The van der Waals surface area contributed by atoms with Crippen LogP contribution in [0.25, 0.3) is 10.8 Å². The second kappa shape index (κ2) is 15.5. The molecule has 0 saturated heterocycles. The summed E-state index contributed by atoms with van der Waals surface area (Å²) >= 11 is 0. The van der Waals surface area contributed by atoms with Crippen LogP contribution in [-0.4, -0.2) is 74.4 Å². The summed E-state index contributed by atoms with van der Waals surface area (Å²) in [5.74, 6) is 0.205. The van der Waals surface area contributed by atoms with Gasteiger partial charge in [0.1, 0.15) is 0 Å². The standard InChI is InChI=1S/C29H46N4O2/c1-5-7-16-32(17-8-6-2)18-10-20-33(19-9-15-30)29(35)23-31(4)28-14-13-26-21-25(24(3)34)11-12-27(26)22-28/h11-14,21-22H,5-10,15-20,23,30H2,1-4H3. The van der Waals surface area contributed by atoms with Gasteiger partial charge < -0.3 is 20.4 Å². The monoisotopic (exact) mass is 482 g/mol. The fourth-order valence-corrected chi connectivity index (χ4v) is 4.31. The molecular formula is C29H46N4O2. The van der Waals surface area contributed by atoms with E-state index in [2.05, 4.69) is 24.8 Å². The molecule has 0 radical (unpaired) electrons. The predicted octanol–water partition coefficient (Wildman–Crippen LogP) is 4.95. The first-order chi connectivity index (χ1) is 16.9. The van der Waals surface area contributed by atoms with E-state index in [0.717, 1.165) is 55.5 Å². The largest absolute Gasteiger partial charge is 0.365 e. The number of unbranched alkanes of at least 4 members (excludes halogenated alkanes) is 2. The van der Waals surface area contributed by atoms with Gasteiger partial charge in [0.2, 0.25) is 5.91 Å². The van der Waals surface area contributed by atoms with Crippen LogP contribution in [0.2, 0.25) is 0 Å². The molecule has 0 fully saturated rings. The molecular weight excluding hydrogens is 436 g/mol. The molecule has 0 aromatic heterocycles. The lowest BCUT2D eigenvalue weighted by Crippen LogP contribution is -2.41. The molecule has 0 aliphatic carbocycles. The van der Waals surface area contributed by atoms with Crippen LogP contribution < -0.4 is 10.6 Å². The van der Waals surface area contributed by atoms with E-state index in [9.17, 15) is 9.59 Å². The zero-order valence-electron chi connectivity index (χ0n) is 22.4. The molecule has 6 nitrogen and oxygen atoms in total. The van der Waals surface area contributed by atoms with Gasteiger partial charge in [-0.25, -0.2) is 0 Å². The van der Waals surface area contributed by atoms with E-state index in [0.29, 0.717) is 25.2 Å². The van der Waals surface area contributed by atoms with Crippen LogP contribution in [-0.2, 0) is 4.79 Å². The van der Waals surface area contributed by atoms with Gasteiger partial charge in [-0.2, -0.15) is 0 Å². The number of Topliss-reactive ketones (excluding diaryl/α,β-unsaturated/α-hetero) is 1. The van der Waals surface area contributed by atoms with E-state index in [-0.39, 0.29) is 11.7 Å². The van der Waals surface area contributed by atoms with E-state index >= 15 is 0 Å². The summed E-state index contributed by atoms with van der Waals surface area (Å²) in [6, 6.07) is 11.9. The van der Waals surface area contributed by atoms with E-state index < -0.39 is 0 Å². The minimum absolute atomic E-state index is 0.0649. The van der Waals surface area contributed by atoms with E-state index in [4.69, 9.17) is 5.73 Å². The number of hydrogen-bond donors (Lipinski definition) is 1. The molecule has 0 spiro atoms. The molecule has 0 heterocycles. The molecule has 2 aromatic carbocycles. The third-order valence-electron chi connectivity index (χ3n) is 6.59. The van der Waals surface area contributed by atoms with Crippen molar-refractivity contribution >= 4 is 28.2 Å². The SMILES string of the molecule is CCCCN(CCCC)CCCN(CCCN)C(=O)CN(C)c1ccc2cc(C(C)=O)ccc2c1. The van der Waals surface area contributed by atoms with Crippen LogP contribution in [0.1, 0.15) is 69.7 Å². The first-order valence-electron chi connectivity index (χ1n) is 13.4. The van der Waals surface area contributed by atoms with Crippen LogP contribution in [0.3, 0.4) is 0 Å². The van der Waals surface area contributed by atoms with Crippen LogP contribution in [0, 0.1) is 0 Å². The van der Waals surface area contributed by atoms with Gasteiger partial charge in [-0.3, -0.25) is 9.59 Å². The Morgan fingerprint density at radius 2 is 1.40 bits per heavy atom. The lowest BCUT2D eigenvalue weighted by Gasteiger charge is -2.28. The van der Waals surface area contributed by atoms with Crippen LogP contribution >= 0.6 is 0 Å². The van der Waals surface area contributed by atoms with Gasteiger partial charge in [0.05, 0.1) is 6.54 Å². The highest BCUT2D eigenvalue weighted by Gasteiger charge is 2.16. The average molecular weight is 483 g/mol. The number of fused-ring (bicyclic) bond motifs is 1. The number of ketones is 1. The number of benzene rings is 2. The fourth-order valence-electron chi connectivity index (χ4n) is 4.31. The summed E-state index contributed by atoms with van der Waals surface area (Å²) in [4.78, 5) is 31.4. The molecule has 194 valence electrons. The summed E-state index contributed by atoms with van der Waals surface area (Å²) < 4.78 is 0. The predicted molar refractivity (Wildman–Crippen MR) is 148 cm³/mol. The molecule has 1 amide bonds. The Hall–Kier alpha value is -2.44. The number of nitrogens with two attached hydrogens (primary N) is 1. The Balaban J connectivity index is 1.99. The fraction of sp³-hybridized carbons (Fsp3) is 0.586. The Labute approximate surface area is 212 Å². The van der Waals surface area contributed by atoms with Crippen molar-refractivity contribution in [1.82, 2.24) is 9.80 Å². The van der Waals surface area contributed by atoms with Crippen LogP contribution in [0.5, 0.6) is 0 Å². The zero-order chi connectivity index (χ0) is 25.6. The Bertz CT molecular complexity index is 922. The number of rotatable bonds is 17. The Morgan fingerprint density at radius 3 is 2.03 bits per heavy atom. The van der Waals surface area contributed by atoms with Gasteiger partial charge in [0.15, 0.2) is 5.78 Å². The number of nitrogens with zero attached hydrogens (tertiary/aromatic N) is 3. The number of amides is 1. The van der Waals surface area contributed by atoms with Crippen molar-refractivity contribution < 1.29 is 9.59 Å². The second-order valence-electron chi connectivity index (χ2n) is 9.58. The summed E-state index contributed by atoms with van der Waals surface area (Å²) in [7, 11) is 1.96. The van der Waals surface area contributed by atoms with Crippen molar-refractivity contribution in [3.8, 4) is 0 Å². The van der Waals surface area contributed by atoms with Gasteiger partial charge in [-0.15, -0.1) is 0 Å². The molecule has 0 aliphatic rings. The maximum atomic E-state index is 13.2. The summed E-state index contributed by atoms with van der Waals surface area (Å²) in [6.45, 7) is 11.8. The highest BCUT2D eigenvalue weighted by atomic mass is 16.2. The van der Waals surface area contributed by atoms with Gasteiger partial charge in [0.25, 0.3) is 0 Å². The number of carbonyl (C=O) groups excluding carboxylic acids is 2. The molecule has 6 heteroatoms. The van der Waals surface area contributed by atoms with Crippen LogP contribution in [0.15, 0.2) is 36.4 Å². The lowest BCUT2D eigenvalue weighted by molar-refractivity contribution is -0.129. The summed E-state index contributed by atoms with van der Waals surface area (Å²) in [6.07, 6.45) is 6.69. The number of anilines is 1.